The van der Waals surface area contributed by atoms with E-state index in [1.807, 2.05) is 31.2 Å². The number of benzene rings is 1. The Morgan fingerprint density at radius 1 is 1.27 bits per heavy atom. The van der Waals surface area contributed by atoms with E-state index < -0.39 is 5.92 Å². The molecule has 0 radical (unpaired) electrons. The number of rotatable bonds is 3. The van der Waals surface area contributed by atoms with Crippen molar-refractivity contribution < 1.29 is 14.3 Å². The summed E-state index contributed by atoms with van der Waals surface area (Å²) in [6.45, 7) is 8.14. The lowest BCUT2D eigenvalue weighted by Crippen LogP contribution is -2.39. The van der Waals surface area contributed by atoms with Crippen molar-refractivity contribution in [2.75, 3.05) is 6.61 Å². The van der Waals surface area contributed by atoms with E-state index in [4.69, 9.17) is 9.73 Å². The first-order valence-corrected chi connectivity index (χ1v) is 9.76. The highest BCUT2D eigenvalue weighted by atomic mass is 79.9. The van der Waals surface area contributed by atoms with Crippen LogP contribution >= 0.6 is 15.9 Å². The molecule has 2 atom stereocenters. The van der Waals surface area contributed by atoms with Crippen molar-refractivity contribution in [1.82, 2.24) is 0 Å². The predicted octanol–water partition coefficient (Wildman–Crippen LogP) is 4.83. The van der Waals surface area contributed by atoms with Crippen LogP contribution < -0.4 is 0 Å². The van der Waals surface area contributed by atoms with Gasteiger partial charge in [-0.25, -0.2) is 0 Å². The van der Waals surface area contributed by atoms with Crippen LogP contribution in [0.15, 0.2) is 45.0 Å². The molecule has 1 aromatic carbocycles. The third kappa shape index (κ3) is 3.54. The molecule has 0 fully saturated rings. The molecule has 4 nitrogen and oxygen atoms in total. The number of hydrogen-bond acceptors (Lipinski definition) is 4. The average molecular weight is 418 g/mol. The van der Waals surface area contributed by atoms with E-state index in [-0.39, 0.29) is 23.1 Å². The van der Waals surface area contributed by atoms with Crippen LogP contribution in [0.5, 0.6) is 0 Å². The fourth-order valence-corrected chi connectivity index (χ4v) is 4.28. The number of hydrogen-bond donors (Lipinski definition) is 0. The van der Waals surface area contributed by atoms with Gasteiger partial charge in [-0.2, -0.15) is 0 Å². The summed E-state index contributed by atoms with van der Waals surface area (Å²) < 4.78 is 6.28. The van der Waals surface area contributed by atoms with Crippen LogP contribution in [0.2, 0.25) is 0 Å². The van der Waals surface area contributed by atoms with Crippen LogP contribution in [0.3, 0.4) is 0 Å². The lowest BCUT2D eigenvalue weighted by atomic mass is 9.67. The minimum Gasteiger partial charge on any atom is -0.465 e. The Kier molecular flexibility index (Phi) is 5.20. The van der Waals surface area contributed by atoms with Crippen molar-refractivity contribution >= 4 is 33.4 Å². The third-order valence-corrected chi connectivity index (χ3v) is 5.60. The van der Waals surface area contributed by atoms with Gasteiger partial charge in [-0.15, -0.1) is 0 Å². The summed E-state index contributed by atoms with van der Waals surface area (Å²) in [5.41, 5.74) is 3.08. The van der Waals surface area contributed by atoms with Crippen molar-refractivity contribution in [3.05, 3.63) is 45.6 Å². The van der Waals surface area contributed by atoms with Gasteiger partial charge in [0, 0.05) is 33.8 Å². The lowest BCUT2D eigenvalue weighted by Gasteiger charge is -2.39. The molecular formula is C21H24BrNO3. The number of halogens is 1. The molecule has 2 aliphatic rings. The highest BCUT2D eigenvalue weighted by molar-refractivity contribution is 9.10. The summed E-state index contributed by atoms with van der Waals surface area (Å²) in [6, 6.07) is 7.82. The first-order chi connectivity index (χ1) is 12.2. The van der Waals surface area contributed by atoms with Gasteiger partial charge < -0.3 is 4.74 Å². The monoisotopic (exact) mass is 417 g/mol. The summed E-state index contributed by atoms with van der Waals surface area (Å²) in [4.78, 5) is 30.5. The Labute approximate surface area is 162 Å². The van der Waals surface area contributed by atoms with Crippen LogP contribution in [0.25, 0.3) is 0 Å². The molecule has 26 heavy (non-hydrogen) atoms. The number of allylic oxidation sites excluding steroid dienone is 2. The van der Waals surface area contributed by atoms with Crippen molar-refractivity contribution in [1.29, 1.82) is 0 Å². The molecule has 0 N–H and O–H groups in total. The summed E-state index contributed by atoms with van der Waals surface area (Å²) in [5.74, 6) is -1.11. The average Bonchev–Trinajstić information content (AvgIpc) is 2.53. The molecule has 1 heterocycles. The predicted molar refractivity (Wildman–Crippen MR) is 105 cm³/mol. The zero-order chi connectivity index (χ0) is 19.1. The topological polar surface area (TPSA) is 55.7 Å². The Morgan fingerprint density at radius 3 is 2.54 bits per heavy atom. The Morgan fingerprint density at radius 2 is 1.92 bits per heavy atom. The number of nitrogens with zero attached hydrogens (tertiary/aromatic N) is 1. The quantitative estimate of drug-likeness (QED) is 0.661. The van der Waals surface area contributed by atoms with Gasteiger partial charge in [0.25, 0.3) is 0 Å². The molecule has 1 aliphatic heterocycles. The second kappa shape index (κ2) is 7.10. The Hall–Kier alpha value is -1.75. The van der Waals surface area contributed by atoms with E-state index in [9.17, 15) is 9.59 Å². The van der Waals surface area contributed by atoms with Crippen molar-refractivity contribution in [3.63, 3.8) is 0 Å². The molecule has 0 amide bonds. The second-order valence-corrected chi connectivity index (χ2v) is 8.73. The largest absolute Gasteiger partial charge is 0.465 e. The molecule has 138 valence electrons. The van der Waals surface area contributed by atoms with Crippen LogP contribution in [0, 0.1) is 11.3 Å². The van der Waals surface area contributed by atoms with Crippen molar-refractivity contribution in [2.45, 2.75) is 46.5 Å². The molecule has 1 aliphatic carbocycles. The summed E-state index contributed by atoms with van der Waals surface area (Å²) in [5, 5.41) is 0. The lowest BCUT2D eigenvalue weighted by molar-refractivity contribution is -0.146. The molecule has 0 spiro atoms. The molecule has 0 aromatic heterocycles. The van der Waals surface area contributed by atoms with Gasteiger partial charge in [0.1, 0.15) is 5.92 Å². The second-order valence-electron chi connectivity index (χ2n) is 7.81. The number of aliphatic imine (C=N–C) groups is 1. The number of carbonyl (C=O) groups excluding carboxylic acids is 2. The summed E-state index contributed by atoms with van der Waals surface area (Å²) in [7, 11) is 0. The van der Waals surface area contributed by atoms with Crippen molar-refractivity contribution in [3.8, 4) is 0 Å². The fourth-order valence-electron chi connectivity index (χ4n) is 4.01. The Bertz CT molecular complexity index is 805. The molecule has 1 unspecified atom stereocenters. The summed E-state index contributed by atoms with van der Waals surface area (Å²) >= 11 is 3.45. The maximum Gasteiger partial charge on any atom is 0.315 e. The number of Topliss-reactive ketones (excluding diaryl/α,β-unsaturated/α-hetero) is 1. The van der Waals surface area contributed by atoms with Gasteiger partial charge in [0.2, 0.25) is 0 Å². The fraction of sp³-hybridized carbons (Fsp3) is 0.476. The van der Waals surface area contributed by atoms with Crippen LogP contribution in [-0.2, 0) is 14.3 Å². The van der Waals surface area contributed by atoms with Gasteiger partial charge in [0.15, 0.2) is 5.78 Å². The van der Waals surface area contributed by atoms with E-state index in [0.29, 0.717) is 18.6 Å². The zero-order valence-corrected chi connectivity index (χ0v) is 17.2. The normalized spacial score (nSPS) is 24.8. The van der Waals surface area contributed by atoms with Crippen molar-refractivity contribution in [2.24, 2.45) is 16.3 Å². The van der Waals surface area contributed by atoms with E-state index in [0.717, 1.165) is 27.9 Å². The molecule has 5 heteroatoms. The highest BCUT2D eigenvalue weighted by Gasteiger charge is 2.45. The molecule has 1 aromatic rings. The van der Waals surface area contributed by atoms with E-state index in [1.54, 1.807) is 6.92 Å². The summed E-state index contributed by atoms with van der Waals surface area (Å²) in [6.07, 6.45) is 1.22. The molecular weight excluding hydrogens is 394 g/mol. The number of carbonyl (C=O) groups is 2. The van der Waals surface area contributed by atoms with E-state index in [2.05, 4.69) is 29.8 Å². The van der Waals surface area contributed by atoms with Gasteiger partial charge in [0.05, 0.1) is 6.61 Å². The van der Waals surface area contributed by atoms with Gasteiger partial charge in [-0.05, 0) is 43.4 Å². The van der Waals surface area contributed by atoms with E-state index in [1.165, 1.54) is 0 Å². The Balaban J connectivity index is 2.16. The van der Waals surface area contributed by atoms with Crippen LogP contribution in [-0.4, -0.2) is 24.1 Å². The number of ether oxygens (including phenoxy) is 1. The molecule has 3 rings (SSSR count). The van der Waals surface area contributed by atoms with Crippen LogP contribution in [0.4, 0.5) is 0 Å². The SMILES string of the molecule is CCOC(=O)C1C(C)=NC2=C(C(=O)CC(C)(C)C2)[C@H]1c1ccc(Br)cc1. The van der Waals surface area contributed by atoms with Gasteiger partial charge in [-0.1, -0.05) is 41.9 Å². The highest BCUT2D eigenvalue weighted by Crippen LogP contribution is 2.47. The first kappa shape index (κ1) is 19.0. The molecule has 0 saturated carbocycles. The third-order valence-electron chi connectivity index (χ3n) is 5.07. The minimum absolute atomic E-state index is 0.0923. The smallest absolute Gasteiger partial charge is 0.315 e. The minimum atomic E-state index is -0.556. The number of esters is 1. The maximum absolute atomic E-state index is 13.0. The molecule has 0 saturated heterocycles. The standard InChI is InChI=1S/C21H24BrNO3/c1-5-26-20(25)17-12(2)23-15-10-21(3,4)11-16(24)19(15)18(17)13-6-8-14(22)9-7-13/h6-9,17-18H,5,10-11H2,1-4H3/t17?,18-/m0/s1. The van der Waals surface area contributed by atoms with E-state index >= 15 is 0 Å². The first-order valence-electron chi connectivity index (χ1n) is 8.97. The number of ketones is 1. The van der Waals surface area contributed by atoms with Crippen LogP contribution in [0.1, 0.15) is 52.0 Å². The van der Waals surface area contributed by atoms with Gasteiger partial charge >= 0.3 is 5.97 Å². The molecule has 0 bridgehead atoms. The zero-order valence-electron chi connectivity index (χ0n) is 15.6. The van der Waals surface area contributed by atoms with Gasteiger partial charge in [-0.3, -0.25) is 14.6 Å². The maximum atomic E-state index is 13.0.